The maximum Gasteiger partial charge on any atom is 0.306 e. The average Bonchev–Trinajstić information content (AvgIpc) is 3.12. The number of ether oxygens (including phenoxy) is 3. The molecule has 0 aromatic rings. The van der Waals surface area contributed by atoms with Gasteiger partial charge in [0.05, 0.1) is 40.3 Å². The van der Waals surface area contributed by atoms with E-state index in [4.69, 9.17) is 14.2 Å². The number of carbonyl (C=O) groups is 3. The van der Waals surface area contributed by atoms with E-state index in [1.807, 2.05) is 0 Å². The number of esters is 2. The molecule has 2 atom stereocenters. The van der Waals surface area contributed by atoms with E-state index < -0.39 is 18.1 Å². The molecule has 310 valence electrons. The van der Waals surface area contributed by atoms with Crippen LogP contribution in [0.25, 0.3) is 0 Å². The number of hydrogen-bond acceptors (Lipinski definition) is 7. The summed E-state index contributed by atoms with van der Waals surface area (Å²) in [6.07, 6.45) is 43.9. The maximum absolute atomic E-state index is 12.7. The summed E-state index contributed by atoms with van der Waals surface area (Å²) >= 11 is 0. The van der Waals surface area contributed by atoms with Gasteiger partial charge in [-0.3, -0.25) is 9.59 Å². The second kappa shape index (κ2) is 37.0. The van der Waals surface area contributed by atoms with Gasteiger partial charge in [-0.15, -0.1) is 0 Å². The minimum atomic E-state index is -1.13. The number of carboxylic acids is 1. The van der Waals surface area contributed by atoms with Gasteiger partial charge in [-0.25, -0.2) is 0 Å². The highest BCUT2D eigenvalue weighted by Gasteiger charge is 2.25. The van der Waals surface area contributed by atoms with Crippen molar-refractivity contribution in [3.63, 3.8) is 0 Å². The number of carbonyl (C=O) groups excluding carboxylic acids is 3. The Morgan fingerprint density at radius 1 is 0.574 bits per heavy atom. The third-order valence-corrected chi connectivity index (χ3v) is 9.17. The molecule has 54 heavy (non-hydrogen) atoms. The Hall–Kier alpha value is -2.97. The highest BCUT2D eigenvalue weighted by Crippen LogP contribution is 2.14. The zero-order valence-electron chi connectivity index (χ0n) is 35.1. The van der Waals surface area contributed by atoms with E-state index in [2.05, 4.69) is 74.6 Å². The van der Waals surface area contributed by atoms with E-state index >= 15 is 0 Å². The highest BCUT2D eigenvalue weighted by molar-refractivity contribution is 5.70. The zero-order valence-corrected chi connectivity index (χ0v) is 35.1. The van der Waals surface area contributed by atoms with Crippen LogP contribution in [0.4, 0.5) is 0 Å². The monoisotopic (exact) mass is 758 g/mol. The van der Waals surface area contributed by atoms with Crippen molar-refractivity contribution in [3.05, 3.63) is 60.8 Å². The molecule has 0 amide bonds. The first-order valence-corrected chi connectivity index (χ1v) is 21.3. The maximum atomic E-state index is 12.7. The van der Waals surface area contributed by atoms with E-state index in [1.165, 1.54) is 64.2 Å². The molecule has 0 aliphatic rings. The molecule has 2 unspecified atom stereocenters. The third-order valence-electron chi connectivity index (χ3n) is 9.17. The molecule has 0 saturated heterocycles. The van der Waals surface area contributed by atoms with Crippen molar-refractivity contribution in [2.24, 2.45) is 0 Å². The van der Waals surface area contributed by atoms with E-state index in [0.717, 1.165) is 57.8 Å². The molecule has 0 aliphatic carbocycles. The third kappa shape index (κ3) is 34.8. The average molecular weight is 758 g/mol. The normalized spacial score (nSPS) is 13.6. The second-order valence-corrected chi connectivity index (χ2v) is 15.2. The molecule has 0 bridgehead atoms. The van der Waals surface area contributed by atoms with E-state index in [0.29, 0.717) is 12.8 Å². The van der Waals surface area contributed by atoms with Crippen LogP contribution in [-0.2, 0) is 28.6 Å². The summed E-state index contributed by atoms with van der Waals surface area (Å²) in [5.74, 6) is -1.81. The molecular formula is C46H79NO7. The summed E-state index contributed by atoms with van der Waals surface area (Å²) in [5, 5.41) is 11.6. The molecule has 0 aromatic heterocycles. The SMILES string of the molecule is CC/C=C/C/C=C/C/C=C/C/C=C/C/C=C/CCCC(=O)OCC(COCCC(C(=O)[O-])[N+](C)(C)C)OC(=O)CCCCCCCCCCCCCCC. The smallest absolute Gasteiger partial charge is 0.306 e. The Kier molecular flexibility index (Phi) is 34.9. The van der Waals surface area contributed by atoms with Gasteiger partial charge in [0.25, 0.3) is 0 Å². The van der Waals surface area contributed by atoms with Gasteiger partial charge in [0, 0.05) is 19.3 Å². The number of aliphatic carboxylic acids is 1. The van der Waals surface area contributed by atoms with Crippen molar-refractivity contribution >= 4 is 17.9 Å². The van der Waals surface area contributed by atoms with Crippen molar-refractivity contribution in [2.45, 2.75) is 174 Å². The van der Waals surface area contributed by atoms with E-state index in [1.54, 1.807) is 21.1 Å². The van der Waals surface area contributed by atoms with Crippen LogP contribution in [0.3, 0.4) is 0 Å². The van der Waals surface area contributed by atoms with Crippen LogP contribution in [0.5, 0.6) is 0 Å². The lowest BCUT2D eigenvalue weighted by Gasteiger charge is -2.34. The number of rotatable bonds is 37. The minimum Gasteiger partial charge on any atom is -0.544 e. The summed E-state index contributed by atoms with van der Waals surface area (Å²) in [5.41, 5.74) is 0. The zero-order chi connectivity index (χ0) is 40.0. The Morgan fingerprint density at radius 2 is 1.04 bits per heavy atom. The Bertz CT molecular complexity index is 1070. The van der Waals surface area contributed by atoms with Crippen LogP contribution < -0.4 is 5.11 Å². The van der Waals surface area contributed by atoms with Crippen molar-refractivity contribution < 1.29 is 38.2 Å². The van der Waals surface area contributed by atoms with Crippen LogP contribution >= 0.6 is 0 Å². The largest absolute Gasteiger partial charge is 0.544 e. The van der Waals surface area contributed by atoms with Crippen molar-refractivity contribution in [2.75, 3.05) is 41.0 Å². The van der Waals surface area contributed by atoms with Crippen LogP contribution in [0.2, 0.25) is 0 Å². The first-order valence-electron chi connectivity index (χ1n) is 21.3. The van der Waals surface area contributed by atoms with Crippen LogP contribution in [0, 0.1) is 0 Å². The van der Waals surface area contributed by atoms with Crippen molar-refractivity contribution in [3.8, 4) is 0 Å². The minimum absolute atomic E-state index is 0.0224. The Balaban J connectivity index is 4.46. The van der Waals surface area contributed by atoms with E-state index in [9.17, 15) is 19.5 Å². The lowest BCUT2D eigenvalue weighted by atomic mass is 10.0. The van der Waals surface area contributed by atoms with Gasteiger partial charge in [-0.1, -0.05) is 152 Å². The van der Waals surface area contributed by atoms with Crippen molar-refractivity contribution in [1.29, 1.82) is 0 Å². The van der Waals surface area contributed by atoms with Gasteiger partial charge in [0.2, 0.25) is 0 Å². The molecule has 0 N–H and O–H groups in total. The van der Waals surface area contributed by atoms with Gasteiger partial charge in [0.1, 0.15) is 12.6 Å². The molecule has 8 heteroatoms. The summed E-state index contributed by atoms with van der Waals surface area (Å²) in [7, 11) is 5.38. The number of nitrogens with zero attached hydrogens (tertiary/aromatic N) is 1. The van der Waals surface area contributed by atoms with Gasteiger partial charge < -0.3 is 28.6 Å². The van der Waals surface area contributed by atoms with Gasteiger partial charge in [0.15, 0.2) is 6.10 Å². The standard InChI is InChI=1S/C46H79NO7/c1-6-8-10-12-14-16-18-20-21-22-23-25-26-28-30-32-34-36-44(48)53-41-42(40-52-39-38-43(46(50)51)47(3,4)5)54-45(49)37-35-33-31-29-27-24-19-17-15-13-11-9-7-2/h8,10,14,16,20-21,23,25,28,30,42-43H,6-7,9,11-13,15,17-19,22,24,26-27,29,31-41H2,1-5H3/b10-8+,16-14+,21-20+,25-23+,30-28+. The molecule has 0 saturated carbocycles. The summed E-state index contributed by atoms with van der Waals surface area (Å²) in [6, 6.07) is -0.734. The van der Waals surface area contributed by atoms with Crippen LogP contribution in [-0.4, -0.2) is 75.5 Å². The number of quaternary nitrogens is 1. The second-order valence-electron chi connectivity index (χ2n) is 15.2. The topological polar surface area (TPSA) is 102 Å². The number of hydrogen-bond donors (Lipinski definition) is 0. The Labute approximate surface area is 330 Å². The molecule has 0 heterocycles. The van der Waals surface area contributed by atoms with E-state index in [-0.39, 0.29) is 49.1 Å². The predicted octanol–water partition coefficient (Wildman–Crippen LogP) is 10.1. The number of allylic oxidation sites excluding steroid dienone is 10. The van der Waals surface area contributed by atoms with Crippen molar-refractivity contribution in [1.82, 2.24) is 0 Å². The summed E-state index contributed by atoms with van der Waals surface area (Å²) in [4.78, 5) is 36.8. The lowest BCUT2D eigenvalue weighted by molar-refractivity contribution is -0.889. The summed E-state index contributed by atoms with van der Waals surface area (Å²) in [6.45, 7) is 4.48. The number of carboxylic acid groups (broad SMARTS) is 1. The van der Waals surface area contributed by atoms with Crippen LogP contribution in [0.15, 0.2) is 60.8 Å². The molecule has 0 aliphatic heterocycles. The quantitative estimate of drug-likeness (QED) is 0.0269. The molecule has 0 fully saturated rings. The first-order chi connectivity index (χ1) is 26.1. The number of unbranched alkanes of at least 4 members (excludes halogenated alkanes) is 13. The van der Waals surface area contributed by atoms with Gasteiger partial charge in [-0.2, -0.15) is 0 Å². The molecule has 0 rings (SSSR count). The molecule has 0 radical (unpaired) electrons. The molecule has 0 spiro atoms. The number of likely N-dealkylation sites (N-methyl/N-ethyl adjacent to an activating group) is 1. The van der Waals surface area contributed by atoms with Gasteiger partial charge in [-0.05, 0) is 51.4 Å². The predicted molar refractivity (Wildman–Crippen MR) is 222 cm³/mol. The van der Waals surface area contributed by atoms with Gasteiger partial charge >= 0.3 is 11.9 Å². The Morgan fingerprint density at radius 3 is 1.52 bits per heavy atom. The van der Waals surface area contributed by atoms with Crippen LogP contribution in [0.1, 0.15) is 162 Å². The fourth-order valence-electron chi connectivity index (χ4n) is 5.87. The molecular weight excluding hydrogens is 679 g/mol. The first kappa shape index (κ1) is 51.0. The highest BCUT2D eigenvalue weighted by atomic mass is 16.6. The fraction of sp³-hybridized carbons (Fsp3) is 0.717. The lowest BCUT2D eigenvalue weighted by Crippen LogP contribution is -2.55. The summed E-state index contributed by atoms with van der Waals surface area (Å²) < 4.78 is 17.1. The molecule has 0 aromatic carbocycles. The molecule has 8 nitrogen and oxygen atoms in total. The fourth-order valence-corrected chi connectivity index (χ4v) is 5.87.